The van der Waals surface area contributed by atoms with Crippen molar-refractivity contribution in [1.29, 1.82) is 0 Å². The van der Waals surface area contributed by atoms with Crippen molar-refractivity contribution in [3.8, 4) is 0 Å². The monoisotopic (exact) mass is 295 g/mol. The zero-order valence-electron chi connectivity index (χ0n) is 12.3. The van der Waals surface area contributed by atoms with Crippen LogP contribution in [-0.4, -0.2) is 18.5 Å². The fraction of sp³-hybridized carbons (Fsp3) is 0.176. The number of anilines is 3. The number of benzene rings is 2. The van der Waals surface area contributed by atoms with Crippen LogP contribution in [0.3, 0.4) is 0 Å². The summed E-state index contributed by atoms with van der Waals surface area (Å²) in [5.74, 6) is 0.100. The summed E-state index contributed by atoms with van der Waals surface area (Å²) in [6.45, 7) is 2.61. The highest BCUT2D eigenvalue weighted by Gasteiger charge is 2.25. The van der Waals surface area contributed by atoms with Crippen molar-refractivity contribution in [2.45, 2.75) is 13.3 Å². The second-order valence-electron chi connectivity index (χ2n) is 5.10. The molecule has 2 aromatic carbocycles. The van der Waals surface area contributed by atoms with Gasteiger partial charge in [-0.1, -0.05) is 18.2 Å². The Hall–Kier alpha value is -2.82. The molecule has 0 atom stereocenters. The number of hydrogen-bond donors (Lipinski definition) is 2. The van der Waals surface area contributed by atoms with Crippen LogP contribution in [0, 0.1) is 0 Å². The van der Waals surface area contributed by atoms with Gasteiger partial charge in [-0.3, -0.25) is 4.79 Å². The number of para-hydroxylation sites is 1. The highest BCUT2D eigenvalue weighted by atomic mass is 16.2. The van der Waals surface area contributed by atoms with Crippen LogP contribution in [0.15, 0.2) is 48.5 Å². The number of carbonyl (C=O) groups excluding carboxylic acids is 2. The zero-order valence-corrected chi connectivity index (χ0v) is 12.3. The summed E-state index contributed by atoms with van der Waals surface area (Å²) in [5.41, 5.74) is 3.29. The van der Waals surface area contributed by atoms with Crippen molar-refractivity contribution in [2.75, 3.05) is 22.1 Å². The number of likely N-dealkylation sites (N-methyl/N-ethyl adjacent to an activating group) is 1. The molecule has 1 heterocycles. The van der Waals surface area contributed by atoms with Gasteiger partial charge in [0.25, 0.3) is 0 Å². The topological polar surface area (TPSA) is 61.4 Å². The molecule has 0 fully saturated rings. The molecule has 0 spiro atoms. The number of fused-ring (bicyclic) bond motifs is 1. The first-order valence-corrected chi connectivity index (χ1v) is 7.23. The number of rotatable bonds is 3. The molecule has 0 aliphatic carbocycles. The molecule has 0 saturated carbocycles. The van der Waals surface area contributed by atoms with Crippen LogP contribution in [0.1, 0.15) is 12.5 Å². The van der Waals surface area contributed by atoms with Crippen molar-refractivity contribution in [3.05, 3.63) is 54.1 Å². The molecule has 0 aromatic heterocycles. The predicted octanol–water partition coefficient (Wildman–Crippen LogP) is 3.24. The molecule has 3 rings (SSSR count). The Morgan fingerprint density at radius 1 is 1.09 bits per heavy atom. The third-order valence-corrected chi connectivity index (χ3v) is 3.62. The molecule has 1 aliphatic rings. The van der Waals surface area contributed by atoms with Gasteiger partial charge in [0.05, 0.1) is 6.42 Å². The average Bonchev–Trinajstić information content (AvgIpc) is 2.82. The van der Waals surface area contributed by atoms with E-state index < -0.39 is 0 Å². The summed E-state index contributed by atoms with van der Waals surface area (Å²) in [6.07, 6.45) is 0.388. The molecule has 1 aliphatic heterocycles. The molecule has 0 unspecified atom stereocenters. The van der Waals surface area contributed by atoms with E-state index in [0.29, 0.717) is 18.7 Å². The van der Waals surface area contributed by atoms with E-state index in [9.17, 15) is 9.59 Å². The Morgan fingerprint density at radius 2 is 1.82 bits per heavy atom. The van der Waals surface area contributed by atoms with E-state index in [-0.39, 0.29) is 11.9 Å². The molecular weight excluding hydrogens is 278 g/mol. The minimum atomic E-state index is -0.303. The van der Waals surface area contributed by atoms with Crippen LogP contribution in [0.25, 0.3) is 0 Å². The maximum atomic E-state index is 12.0. The summed E-state index contributed by atoms with van der Waals surface area (Å²) in [6, 6.07) is 14.5. The van der Waals surface area contributed by atoms with Gasteiger partial charge in [-0.15, -0.1) is 0 Å². The Labute approximate surface area is 128 Å². The van der Waals surface area contributed by atoms with E-state index in [4.69, 9.17) is 0 Å². The number of carbonyl (C=O) groups is 2. The lowest BCUT2D eigenvalue weighted by molar-refractivity contribution is -0.117. The van der Waals surface area contributed by atoms with Gasteiger partial charge in [0.1, 0.15) is 0 Å². The lowest BCUT2D eigenvalue weighted by atomic mass is 10.1. The van der Waals surface area contributed by atoms with Crippen LogP contribution in [-0.2, 0) is 11.2 Å². The molecule has 22 heavy (non-hydrogen) atoms. The number of amides is 3. The fourth-order valence-corrected chi connectivity index (χ4v) is 2.62. The van der Waals surface area contributed by atoms with Crippen LogP contribution < -0.4 is 15.5 Å². The van der Waals surface area contributed by atoms with Gasteiger partial charge >= 0.3 is 6.03 Å². The first kappa shape index (κ1) is 14.1. The molecule has 5 nitrogen and oxygen atoms in total. The Morgan fingerprint density at radius 3 is 2.55 bits per heavy atom. The van der Waals surface area contributed by atoms with E-state index in [1.54, 1.807) is 4.90 Å². The standard InChI is InChI=1S/C17H17N3O2/c1-2-20-15-9-8-14(10-12(15)11-16(20)21)19-17(22)18-13-6-4-3-5-7-13/h3-10H,2,11H2,1H3,(H2,18,19,22). The molecule has 3 amide bonds. The molecule has 2 aromatic rings. The lowest BCUT2D eigenvalue weighted by Crippen LogP contribution is -2.25. The fourth-order valence-electron chi connectivity index (χ4n) is 2.62. The van der Waals surface area contributed by atoms with Gasteiger partial charge in [-0.25, -0.2) is 4.79 Å². The van der Waals surface area contributed by atoms with Crippen LogP contribution >= 0.6 is 0 Å². The molecule has 5 heteroatoms. The number of urea groups is 1. The zero-order chi connectivity index (χ0) is 15.5. The number of nitrogens with one attached hydrogen (secondary N) is 2. The average molecular weight is 295 g/mol. The largest absolute Gasteiger partial charge is 0.323 e. The Kier molecular flexibility index (Phi) is 3.78. The van der Waals surface area contributed by atoms with E-state index >= 15 is 0 Å². The first-order valence-electron chi connectivity index (χ1n) is 7.23. The summed E-state index contributed by atoms with van der Waals surface area (Å²) in [5, 5.41) is 5.55. The van der Waals surface area contributed by atoms with Crippen LogP contribution in [0.2, 0.25) is 0 Å². The quantitative estimate of drug-likeness (QED) is 0.913. The third kappa shape index (κ3) is 2.79. The highest BCUT2D eigenvalue weighted by Crippen LogP contribution is 2.30. The Balaban J connectivity index is 1.71. The maximum Gasteiger partial charge on any atom is 0.323 e. The second kappa shape index (κ2) is 5.89. The van der Waals surface area contributed by atoms with Crippen molar-refractivity contribution < 1.29 is 9.59 Å². The number of hydrogen-bond acceptors (Lipinski definition) is 2. The SMILES string of the molecule is CCN1C(=O)Cc2cc(NC(=O)Nc3ccccc3)ccc21. The predicted molar refractivity (Wildman–Crippen MR) is 87.3 cm³/mol. The molecule has 112 valence electrons. The summed E-state index contributed by atoms with van der Waals surface area (Å²) < 4.78 is 0. The molecule has 0 saturated heterocycles. The Bertz CT molecular complexity index is 713. The maximum absolute atomic E-state index is 12.0. The first-order chi connectivity index (χ1) is 10.7. The van der Waals surface area contributed by atoms with Crippen LogP contribution in [0.5, 0.6) is 0 Å². The smallest absolute Gasteiger partial charge is 0.312 e. The van der Waals surface area contributed by atoms with Crippen molar-refractivity contribution in [2.24, 2.45) is 0 Å². The van der Waals surface area contributed by atoms with E-state index in [1.807, 2.05) is 55.5 Å². The van der Waals surface area contributed by atoms with Gasteiger partial charge in [0, 0.05) is 23.6 Å². The van der Waals surface area contributed by atoms with Crippen molar-refractivity contribution in [3.63, 3.8) is 0 Å². The lowest BCUT2D eigenvalue weighted by Gasteiger charge is -2.15. The molecule has 2 N–H and O–H groups in total. The summed E-state index contributed by atoms with van der Waals surface area (Å²) in [7, 11) is 0. The molecule has 0 radical (unpaired) electrons. The van der Waals surface area contributed by atoms with Gasteiger partial charge in [0.15, 0.2) is 0 Å². The van der Waals surface area contributed by atoms with Gasteiger partial charge < -0.3 is 15.5 Å². The number of nitrogens with zero attached hydrogens (tertiary/aromatic N) is 1. The summed E-state index contributed by atoms with van der Waals surface area (Å²) >= 11 is 0. The minimum Gasteiger partial charge on any atom is -0.312 e. The van der Waals surface area contributed by atoms with Crippen molar-refractivity contribution >= 4 is 29.0 Å². The normalized spacial score (nSPS) is 13.0. The summed E-state index contributed by atoms with van der Waals surface area (Å²) in [4.78, 5) is 25.6. The third-order valence-electron chi connectivity index (χ3n) is 3.62. The van der Waals surface area contributed by atoms with Crippen LogP contribution in [0.4, 0.5) is 21.9 Å². The van der Waals surface area contributed by atoms with E-state index in [2.05, 4.69) is 10.6 Å². The highest BCUT2D eigenvalue weighted by molar-refractivity contribution is 6.03. The second-order valence-corrected chi connectivity index (χ2v) is 5.10. The van der Waals surface area contributed by atoms with Gasteiger partial charge in [0.2, 0.25) is 5.91 Å². The van der Waals surface area contributed by atoms with Crippen molar-refractivity contribution in [1.82, 2.24) is 0 Å². The van der Waals surface area contributed by atoms with E-state index in [0.717, 1.165) is 16.9 Å². The minimum absolute atomic E-state index is 0.100. The molecular formula is C17H17N3O2. The van der Waals surface area contributed by atoms with Gasteiger partial charge in [-0.2, -0.15) is 0 Å². The van der Waals surface area contributed by atoms with Gasteiger partial charge in [-0.05, 0) is 42.8 Å². The molecule has 0 bridgehead atoms. The van der Waals surface area contributed by atoms with E-state index in [1.165, 1.54) is 0 Å².